The smallest absolute Gasteiger partial charge is 0.186 e. The first kappa shape index (κ1) is 12.2. The quantitative estimate of drug-likeness (QED) is 0.310. The molecule has 1 aliphatic rings. The number of hydrogen-bond donors (Lipinski definition) is 3. The minimum Gasteiger partial charge on any atom is -0.388 e. The van der Waals surface area contributed by atoms with Gasteiger partial charge < -0.3 is 24.8 Å². The number of methoxy groups -OCH3 is 1. The molecule has 1 fully saturated rings. The van der Waals surface area contributed by atoms with Crippen LogP contribution in [0.3, 0.4) is 0 Å². The average molecular weight is 219 g/mol. The van der Waals surface area contributed by atoms with Crippen molar-refractivity contribution in [2.24, 2.45) is 5.11 Å². The van der Waals surface area contributed by atoms with Gasteiger partial charge in [-0.25, -0.2) is 0 Å². The molecule has 86 valence electrons. The Hall–Kier alpha value is -0.890. The standard InChI is InChI=1S/C7H13N3O5/c1-14-7-6(13)5(12)4(11)3(15-7)2-9-10-8/h3-7,11-13H,2H2,1H3. The Balaban J connectivity index is 2.69. The van der Waals surface area contributed by atoms with E-state index >= 15 is 0 Å². The van der Waals surface area contributed by atoms with Crippen LogP contribution < -0.4 is 0 Å². The Morgan fingerprint density at radius 2 is 2.00 bits per heavy atom. The van der Waals surface area contributed by atoms with Crippen molar-refractivity contribution in [1.82, 2.24) is 0 Å². The number of rotatable bonds is 3. The number of hydrogen-bond acceptors (Lipinski definition) is 6. The second-order valence-electron chi connectivity index (χ2n) is 3.16. The van der Waals surface area contributed by atoms with Crippen LogP contribution in [0.1, 0.15) is 0 Å². The van der Waals surface area contributed by atoms with Gasteiger partial charge in [0.2, 0.25) is 0 Å². The molecule has 0 spiro atoms. The first-order valence-corrected chi connectivity index (χ1v) is 4.35. The Kier molecular flexibility index (Phi) is 4.28. The summed E-state index contributed by atoms with van der Waals surface area (Å²) in [4.78, 5) is 2.51. The van der Waals surface area contributed by atoms with Gasteiger partial charge in [-0.05, 0) is 5.53 Å². The molecule has 0 amide bonds. The lowest BCUT2D eigenvalue weighted by Gasteiger charge is -2.39. The molecular formula is C7H13N3O5. The second-order valence-corrected chi connectivity index (χ2v) is 3.16. The van der Waals surface area contributed by atoms with Crippen LogP contribution in [0.2, 0.25) is 0 Å². The van der Waals surface area contributed by atoms with Crippen molar-refractivity contribution in [1.29, 1.82) is 0 Å². The molecular weight excluding hydrogens is 206 g/mol. The maximum Gasteiger partial charge on any atom is 0.186 e. The maximum atomic E-state index is 9.47. The van der Waals surface area contributed by atoms with Crippen molar-refractivity contribution in [2.75, 3.05) is 13.7 Å². The van der Waals surface area contributed by atoms with Crippen LogP contribution in [0.5, 0.6) is 0 Å². The van der Waals surface area contributed by atoms with Crippen molar-refractivity contribution in [2.45, 2.75) is 30.7 Å². The average Bonchev–Trinajstić information content (AvgIpc) is 2.25. The van der Waals surface area contributed by atoms with E-state index in [2.05, 4.69) is 10.0 Å². The summed E-state index contributed by atoms with van der Waals surface area (Å²) in [7, 11) is 1.29. The van der Waals surface area contributed by atoms with E-state index in [1.54, 1.807) is 0 Å². The van der Waals surface area contributed by atoms with Gasteiger partial charge in [0.1, 0.15) is 18.3 Å². The van der Waals surface area contributed by atoms with Gasteiger partial charge >= 0.3 is 0 Å². The Morgan fingerprint density at radius 1 is 1.33 bits per heavy atom. The first-order chi connectivity index (χ1) is 7.11. The molecule has 1 saturated heterocycles. The van der Waals surface area contributed by atoms with Gasteiger partial charge in [0.25, 0.3) is 0 Å². The molecule has 0 aromatic heterocycles. The Labute approximate surface area is 85.7 Å². The molecule has 0 saturated carbocycles. The number of ether oxygens (including phenoxy) is 2. The van der Waals surface area contributed by atoms with Gasteiger partial charge in [-0.15, -0.1) is 0 Å². The highest BCUT2D eigenvalue weighted by Crippen LogP contribution is 2.21. The largest absolute Gasteiger partial charge is 0.388 e. The summed E-state index contributed by atoms with van der Waals surface area (Å²) >= 11 is 0. The van der Waals surface area contributed by atoms with E-state index in [1.165, 1.54) is 7.11 Å². The van der Waals surface area contributed by atoms with Crippen molar-refractivity contribution >= 4 is 0 Å². The van der Waals surface area contributed by atoms with E-state index in [0.717, 1.165) is 0 Å². The van der Waals surface area contributed by atoms with Crippen molar-refractivity contribution in [3.63, 3.8) is 0 Å². The summed E-state index contributed by atoms with van der Waals surface area (Å²) in [5.41, 5.74) is 8.10. The zero-order valence-electron chi connectivity index (χ0n) is 8.09. The highest BCUT2D eigenvalue weighted by Gasteiger charge is 2.43. The zero-order chi connectivity index (χ0) is 11.4. The molecule has 0 aromatic rings. The first-order valence-electron chi connectivity index (χ1n) is 4.35. The summed E-state index contributed by atoms with van der Waals surface area (Å²) in [5, 5.41) is 31.5. The Bertz CT molecular complexity index is 255. The lowest BCUT2D eigenvalue weighted by molar-refractivity contribution is -0.287. The second kappa shape index (κ2) is 5.26. The molecule has 8 nitrogen and oxygen atoms in total. The van der Waals surface area contributed by atoms with E-state index in [9.17, 15) is 15.3 Å². The minimum absolute atomic E-state index is 0.138. The van der Waals surface area contributed by atoms with Gasteiger partial charge in [-0.1, -0.05) is 5.11 Å². The third kappa shape index (κ3) is 2.57. The third-order valence-corrected chi connectivity index (χ3v) is 2.23. The molecule has 15 heavy (non-hydrogen) atoms. The van der Waals surface area contributed by atoms with E-state index in [0.29, 0.717) is 0 Å². The predicted octanol–water partition coefficient (Wildman–Crippen LogP) is -1.25. The summed E-state index contributed by atoms with van der Waals surface area (Å²) < 4.78 is 9.84. The lowest BCUT2D eigenvalue weighted by atomic mass is 9.99. The third-order valence-electron chi connectivity index (χ3n) is 2.23. The van der Waals surface area contributed by atoms with Gasteiger partial charge in [0.05, 0.1) is 12.6 Å². The molecule has 8 heteroatoms. The van der Waals surface area contributed by atoms with E-state index in [4.69, 9.17) is 15.0 Å². The van der Waals surface area contributed by atoms with Crippen LogP contribution in [0.25, 0.3) is 10.4 Å². The highest BCUT2D eigenvalue weighted by molar-refractivity contribution is 4.89. The van der Waals surface area contributed by atoms with Crippen LogP contribution in [-0.2, 0) is 9.47 Å². The van der Waals surface area contributed by atoms with Gasteiger partial charge in [-0.3, -0.25) is 0 Å². The molecule has 1 heterocycles. The molecule has 1 aliphatic heterocycles. The van der Waals surface area contributed by atoms with Gasteiger partial charge in [0, 0.05) is 12.0 Å². The molecule has 0 aliphatic carbocycles. The number of aliphatic hydroxyl groups is 3. The van der Waals surface area contributed by atoms with E-state index in [-0.39, 0.29) is 6.54 Å². The maximum absolute atomic E-state index is 9.47. The summed E-state index contributed by atoms with van der Waals surface area (Å²) in [6, 6.07) is 0. The van der Waals surface area contributed by atoms with Crippen LogP contribution in [0.15, 0.2) is 5.11 Å². The van der Waals surface area contributed by atoms with Crippen molar-refractivity contribution in [3.8, 4) is 0 Å². The molecule has 5 atom stereocenters. The normalized spacial score (nSPS) is 40.9. The summed E-state index contributed by atoms with van der Waals surface area (Å²) in [6.07, 6.45) is -5.95. The van der Waals surface area contributed by atoms with Crippen LogP contribution in [-0.4, -0.2) is 59.7 Å². The lowest BCUT2D eigenvalue weighted by Crippen LogP contribution is -2.58. The van der Waals surface area contributed by atoms with Crippen LogP contribution in [0, 0.1) is 0 Å². The topological polar surface area (TPSA) is 128 Å². The fourth-order valence-electron chi connectivity index (χ4n) is 1.38. The van der Waals surface area contributed by atoms with Crippen LogP contribution >= 0.6 is 0 Å². The zero-order valence-corrected chi connectivity index (χ0v) is 8.09. The predicted molar refractivity (Wildman–Crippen MR) is 47.7 cm³/mol. The summed E-state index contributed by atoms with van der Waals surface area (Å²) in [6.45, 7) is -0.138. The Morgan fingerprint density at radius 3 is 2.53 bits per heavy atom. The molecule has 0 radical (unpaired) electrons. The molecule has 1 rings (SSSR count). The minimum atomic E-state index is -1.39. The number of azide groups is 1. The number of aliphatic hydroxyl groups excluding tert-OH is 3. The van der Waals surface area contributed by atoms with Crippen molar-refractivity contribution in [3.05, 3.63) is 10.4 Å². The van der Waals surface area contributed by atoms with Gasteiger partial charge in [0.15, 0.2) is 6.29 Å². The highest BCUT2D eigenvalue weighted by atomic mass is 16.7. The van der Waals surface area contributed by atoms with E-state index in [1.807, 2.05) is 0 Å². The number of nitrogens with zero attached hydrogens (tertiary/aromatic N) is 3. The fraction of sp³-hybridized carbons (Fsp3) is 1.00. The van der Waals surface area contributed by atoms with Crippen LogP contribution in [0.4, 0.5) is 0 Å². The monoisotopic (exact) mass is 219 g/mol. The molecule has 3 N–H and O–H groups in total. The fourth-order valence-corrected chi connectivity index (χ4v) is 1.38. The molecule has 0 aromatic carbocycles. The van der Waals surface area contributed by atoms with Gasteiger partial charge in [-0.2, -0.15) is 0 Å². The molecule has 5 unspecified atom stereocenters. The van der Waals surface area contributed by atoms with E-state index < -0.39 is 30.7 Å². The SMILES string of the molecule is COC1OC(CN=[N+]=[N-])C(O)C(O)C1O. The molecule has 0 bridgehead atoms. The summed E-state index contributed by atoms with van der Waals surface area (Å²) in [5.74, 6) is 0. The van der Waals surface area contributed by atoms with Crippen molar-refractivity contribution < 1.29 is 24.8 Å².